The Bertz CT molecular complexity index is 1290. The molecule has 9 heteroatoms. The number of hydrogen-bond donors (Lipinski definition) is 0. The van der Waals surface area contributed by atoms with E-state index in [-0.39, 0.29) is 12.5 Å². The van der Waals surface area contributed by atoms with Crippen molar-refractivity contribution in [1.29, 1.82) is 0 Å². The van der Waals surface area contributed by atoms with Crippen LogP contribution in [0.15, 0.2) is 71.5 Å². The second kappa shape index (κ2) is 9.72. The molecule has 2 aromatic heterocycles. The van der Waals surface area contributed by atoms with E-state index in [4.69, 9.17) is 10.1 Å². The smallest absolute Gasteiger partial charge is 0.244 e. The summed E-state index contributed by atoms with van der Waals surface area (Å²) in [5, 5.41) is 4.72. The van der Waals surface area contributed by atoms with Crippen molar-refractivity contribution in [1.82, 2.24) is 29.6 Å². The summed E-state index contributed by atoms with van der Waals surface area (Å²) < 4.78 is 2.75. The zero-order chi connectivity index (χ0) is 23.5. The minimum absolute atomic E-state index is 0.0215. The molecule has 1 fully saturated rings. The number of anilines is 1. The SMILES string of the molecule is Cc1cc(-c2nc(-c3ccccc3)nn2CC(=O)N2CCN(c3ncccn3)CC2)ccc1Br. The molecule has 0 bridgehead atoms. The Morgan fingerprint density at radius 2 is 1.68 bits per heavy atom. The Morgan fingerprint density at radius 3 is 2.38 bits per heavy atom. The number of carbonyl (C=O) groups excluding carboxylic acids is 1. The highest BCUT2D eigenvalue weighted by Crippen LogP contribution is 2.26. The van der Waals surface area contributed by atoms with Gasteiger partial charge in [0.05, 0.1) is 0 Å². The number of amides is 1. The largest absolute Gasteiger partial charge is 0.338 e. The van der Waals surface area contributed by atoms with Crippen molar-refractivity contribution < 1.29 is 4.79 Å². The maximum atomic E-state index is 13.2. The molecule has 5 rings (SSSR count). The first kappa shape index (κ1) is 22.2. The van der Waals surface area contributed by atoms with Gasteiger partial charge in [0, 0.05) is 54.2 Å². The average molecular weight is 518 g/mol. The highest BCUT2D eigenvalue weighted by atomic mass is 79.9. The minimum atomic E-state index is 0.0215. The Labute approximate surface area is 206 Å². The number of nitrogens with zero attached hydrogens (tertiary/aromatic N) is 7. The number of benzene rings is 2. The second-order valence-electron chi connectivity index (χ2n) is 8.16. The first-order valence-electron chi connectivity index (χ1n) is 11.1. The highest BCUT2D eigenvalue weighted by Gasteiger charge is 2.24. The number of aromatic nitrogens is 5. The van der Waals surface area contributed by atoms with Gasteiger partial charge in [-0.2, -0.15) is 0 Å². The van der Waals surface area contributed by atoms with Gasteiger partial charge in [0.2, 0.25) is 11.9 Å². The van der Waals surface area contributed by atoms with Gasteiger partial charge in [-0.25, -0.2) is 19.6 Å². The third-order valence-electron chi connectivity index (χ3n) is 5.87. The van der Waals surface area contributed by atoms with Crippen LogP contribution in [0.4, 0.5) is 5.95 Å². The van der Waals surface area contributed by atoms with Gasteiger partial charge in [-0.15, -0.1) is 5.10 Å². The number of halogens is 1. The first-order chi connectivity index (χ1) is 16.6. The Balaban J connectivity index is 1.37. The molecule has 3 heterocycles. The maximum absolute atomic E-state index is 13.2. The summed E-state index contributed by atoms with van der Waals surface area (Å²) in [5.41, 5.74) is 2.94. The van der Waals surface area contributed by atoms with Gasteiger partial charge in [-0.3, -0.25) is 4.79 Å². The predicted octanol–water partition coefficient (Wildman–Crippen LogP) is 3.82. The third-order valence-corrected chi connectivity index (χ3v) is 6.76. The van der Waals surface area contributed by atoms with Crippen LogP contribution in [-0.4, -0.2) is 61.7 Å². The monoisotopic (exact) mass is 517 g/mol. The molecule has 1 amide bonds. The molecule has 34 heavy (non-hydrogen) atoms. The van der Waals surface area contributed by atoms with Crippen LogP contribution in [0, 0.1) is 6.92 Å². The van der Waals surface area contributed by atoms with Crippen LogP contribution in [0.2, 0.25) is 0 Å². The molecular weight excluding hydrogens is 494 g/mol. The molecule has 4 aromatic rings. The van der Waals surface area contributed by atoms with Crippen molar-refractivity contribution in [3.05, 3.63) is 77.0 Å². The summed E-state index contributed by atoms with van der Waals surface area (Å²) in [4.78, 5) is 30.7. The Morgan fingerprint density at radius 1 is 0.941 bits per heavy atom. The van der Waals surface area contributed by atoms with Gasteiger partial charge in [0.1, 0.15) is 6.54 Å². The summed E-state index contributed by atoms with van der Waals surface area (Å²) in [5.74, 6) is 2.01. The van der Waals surface area contributed by atoms with Crippen LogP contribution < -0.4 is 4.90 Å². The lowest BCUT2D eigenvalue weighted by atomic mass is 10.1. The van der Waals surface area contributed by atoms with E-state index in [1.165, 1.54) is 0 Å². The highest BCUT2D eigenvalue weighted by molar-refractivity contribution is 9.10. The number of carbonyl (C=O) groups is 1. The van der Waals surface area contributed by atoms with Crippen LogP contribution in [0.25, 0.3) is 22.8 Å². The van der Waals surface area contributed by atoms with Crippen LogP contribution in [-0.2, 0) is 11.3 Å². The normalized spacial score (nSPS) is 13.8. The molecule has 1 aliphatic heterocycles. The van der Waals surface area contributed by atoms with Crippen molar-refractivity contribution in [2.45, 2.75) is 13.5 Å². The molecule has 0 radical (unpaired) electrons. The fourth-order valence-electron chi connectivity index (χ4n) is 4.00. The van der Waals surface area contributed by atoms with E-state index in [1.54, 1.807) is 23.1 Å². The van der Waals surface area contributed by atoms with Crippen LogP contribution in [0.3, 0.4) is 0 Å². The zero-order valence-electron chi connectivity index (χ0n) is 18.8. The van der Waals surface area contributed by atoms with Crippen molar-refractivity contribution in [2.24, 2.45) is 0 Å². The van der Waals surface area contributed by atoms with Gasteiger partial charge >= 0.3 is 0 Å². The number of rotatable bonds is 5. The molecule has 0 aliphatic carbocycles. The summed E-state index contributed by atoms with van der Waals surface area (Å²) in [6.45, 7) is 4.79. The Kier molecular flexibility index (Phi) is 6.35. The van der Waals surface area contributed by atoms with Crippen molar-refractivity contribution >= 4 is 27.8 Å². The molecule has 0 N–H and O–H groups in total. The number of hydrogen-bond acceptors (Lipinski definition) is 6. The molecule has 172 valence electrons. The van der Waals surface area contributed by atoms with Crippen molar-refractivity contribution in [3.63, 3.8) is 0 Å². The van der Waals surface area contributed by atoms with Crippen molar-refractivity contribution in [3.8, 4) is 22.8 Å². The lowest BCUT2D eigenvalue weighted by molar-refractivity contribution is -0.132. The predicted molar refractivity (Wildman–Crippen MR) is 134 cm³/mol. The molecule has 0 unspecified atom stereocenters. The quantitative estimate of drug-likeness (QED) is 0.400. The number of piperazine rings is 1. The Hall–Kier alpha value is -3.59. The molecule has 0 spiro atoms. The lowest BCUT2D eigenvalue weighted by Crippen LogP contribution is -2.50. The molecule has 2 aromatic carbocycles. The second-order valence-corrected chi connectivity index (χ2v) is 9.02. The summed E-state index contributed by atoms with van der Waals surface area (Å²) in [6, 6.07) is 17.7. The van der Waals surface area contributed by atoms with Crippen LogP contribution >= 0.6 is 15.9 Å². The number of aryl methyl sites for hydroxylation is 1. The molecular formula is C25H24BrN7O. The van der Waals surface area contributed by atoms with Gasteiger partial charge in [-0.1, -0.05) is 52.3 Å². The summed E-state index contributed by atoms with van der Waals surface area (Å²) in [7, 11) is 0. The van der Waals surface area contributed by atoms with E-state index < -0.39 is 0 Å². The molecule has 1 saturated heterocycles. The van der Waals surface area contributed by atoms with Gasteiger partial charge < -0.3 is 9.80 Å². The standard InChI is InChI=1S/C25H24BrN7O/c1-18-16-20(8-9-21(18)26)24-29-23(19-6-3-2-4-7-19)30-33(24)17-22(34)31-12-14-32(15-13-31)25-27-10-5-11-28-25/h2-11,16H,12-15,17H2,1H3. The maximum Gasteiger partial charge on any atom is 0.244 e. The van der Waals surface area contributed by atoms with Crippen LogP contribution in [0.5, 0.6) is 0 Å². The first-order valence-corrected chi connectivity index (χ1v) is 11.9. The van der Waals surface area contributed by atoms with E-state index >= 15 is 0 Å². The summed E-state index contributed by atoms with van der Waals surface area (Å²) >= 11 is 3.56. The fourth-order valence-corrected chi connectivity index (χ4v) is 4.24. The van der Waals surface area contributed by atoms with E-state index in [0.29, 0.717) is 43.8 Å². The molecule has 0 saturated carbocycles. The zero-order valence-corrected chi connectivity index (χ0v) is 20.4. The minimum Gasteiger partial charge on any atom is -0.338 e. The fraction of sp³-hybridized carbons (Fsp3) is 0.240. The molecule has 0 atom stereocenters. The van der Waals surface area contributed by atoms with Gasteiger partial charge in [-0.05, 0) is 30.7 Å². The topological polar surface area (TPSA) is 80.0 Å². The van der Waals surface area contributed by atoms with Crippen molar-refractivity contribution in [2.75, 3.05) is 31.1 Å². The van der Waals surface area contributed by atoms with Crippen LogP contribution in [0.1, 0.15) is 5.56 Å². The lowest BCUT2D eigenvalue weighted by Gasteiger charge is -2.34. The van der Waals surface area contributed by atoms with E-state index in [2.05, 4.69) is 36.9 Å². The van der Waals surface area contributed by atoms with E-state index in [9.17, 15) is 4.79 Å². The molecule has 1 aliphatic rings. The van der Waals surface area contributed by atoms with Gasteiger partial charge in [0.25, 0.3) is 0 Å². The van der Waals surface area contributed by atoms with E-state index in [0.717, 1.165) is 21.2 Å². The molecule has 8 nitrogen and oxygen atoms in total. The van der Waals surface area contributed by atoms with Gasteiger partial charge in [0.15, 0.2) is 11.6 Å². The summed E-state index contributed by atoms with van der Waals surface area (Å²) in [6.07, 6.45) is 3.47. The third kappa shape index (κ3) is 4.70. The average Bonchev–Trinajstić information content (AvgIpc) is 3.30. The van der Waals surface area contributed by atoms with E-state index in [1.807, 2.05) is 54.3 Å².